The fourth-order valence-electron chi connectivity index (χ4n) is 2.34. The van der Waals surface area contributed by atoms with Crippen molar-refractivity contribution >= 4 is 45.0 Å². The number of hydrogen-bond donors (Lipinski definition) is 2. The number of thioether (sulfide) groups is 1. The Morgan fingerprint density at radius 2 is 1.92 bits per heavy atom. The number of carbonyl (C=O) groups excluding carboxylic acids is 1. The predicted octanol–water partition coefficient (Wildman–Crippen LogP) is 4.57. The molecule has 1 aromatic heterocycles. The van der Waals surface area contributed by atoms with Gasteiger partial charge in [-0.15, -0.1) is 20.5 Å². The Kier molecular flexibility index (Phi) is 5.24. The van der Waals surface area contributed by atoms with Crippen molar-refractivity contribution in [1.29, 1.82) is 0 Å². The zero-order chi connectivity index (χ0) is 18.9. The summed E-state index contributed by atoms with van der Waals surface area (Å²) in [5, 5.41) is 5.51. The number of amides is 1. The van der Waals surface area contributed by atoms with Crippen molar-refractivity contribution in [3.8, 4) is 11.5 Å². The van der Waals surface area contributed by atoms with E-state index in [0.29, 0.717) is 10.6 Å². The van der Waals surface area contributed by atoms with E-state index in [4.69, 9.17) is 0 Å². The van der Waals surface area contributed by atoms with E-state index < -0.39 is 12.2 Å². The van der Waals surface area contributed by atoms with Crippen LogP contribution in [0.5, 0.6) is 11.5 Å². The molecule has 0 saturated carbocycles. The maximum atomic E-state index is 13.2. The van der Waals surface area contributed by atoms with Gasteiger partial charge in [-0.2, -0.15) is 0 Å². The van der Waals surface area contributed by atoms with E-state index in [0.717, 1.165) is 10.2 Å². The molecular weight excluding hydrogens is 432 g/mol. The molecule has 3 rings (SSSR count). The van der Waals surface area contributed by atoms with Gasteiger partial charge in [0.25, 0.3) is 5.91 Å². The van der Waals surface area contributed by atoms with Crippen LogP contribution >= 0.6 is 27.7 Å². The first kappa shape index (κ1) is 18.7. The lowest BCUT2D eigenvalue weighted by molar-refractivity contribution is -0.286. The molecule has 138 valence electrons. The first-order valence-electron chi connectivity index (χ1n) is 7.54. The third-order valence-electron chi connectivity index (χ3n) is 3.39. The van der Waals surface area contributed by atoms with Gasteiger partial charge in [-0.25, -0.2) is 4.98 Å². The molecule has 1 amide bonds. The minimum Gasteiger partial charge on any atom is -0.395 e. The summed E-state index contributed by atoms with van der Waals surface area (Å²) in [6.45, 7) is 1.96. The zero-order valence-corrected chi connectivity index (χ0v) is 16.1. The summed E-state index contributed by atoms with van der Waals surface area (Å²) in [4.78, 5) is 17.5. The summed E-state index contributed by atoms with van der Waals surface area (Å²) in [5.74, 6) is 0.0346. The molecule has 0 fully saturated rings. The summed E-state index contributed by atoms with van der Waals surface area (Å²) < 4.78 is 36.1. The van der Waals surface area contributed by atoms with Crippen LogP contribution in [-0.4, -0.2) is 30.0 Å². The lowest BCUT2D eigenvalue weighted by Gasteiger charge is -2.13. The number of ether oxygens (including phenoxy) is 2. The number of benzene rings is 1. The fourth-order valence-corrected chi connectivity index (χ4v) is 3.63. The van der Waals surface area contributed by atoms with Gasteiger partial charge in [0.1, 0.15) is 5.69 Å². The fraction of sp³-hybridized carbons (Fsp3) is 0.250. The van der Waals surface area contributed by atoms with Gasteiger partial charge in [0.2, 0.25) is 0 Å². The number of alkyl halides is 2. The number of aromatic nitrogens is 1. The number of hydrogen-bond acceptors (Lipinski definition) is 6. The number of nitrogens with zero attached hydrogens (tertiary/aromatic N) is 1. The zero-order valence-electron chi connectivity index (χ0n) is 13.7. The highest BCUT2D eigenvalue weighted by Crippen LogP contribution is 2.45. The smallest absolute Gasteiger partial charge is 0.395 e. The number of fused-ring (bicyclic) bond motifs is 1. The van der Waals surface area contributed by atoms with Crippen LogP contribution in [0.4, 0.5) is 20.2 Å². The highest BCUT2D eigenvalue weighted by Gasteiger charge is 2.44. The second-order valence-electron chi connectivity index (χ2n) is 5.15. The van der Waals surface area contributed by atoms with E-state index >= 15 is 0 Å². The van der Waals surface area contributed by atoms with Crippen molar-refractivity contribution in [3.05, 3.63) is 34.6 Å². The van der Waals surface area contributed by atoms with Crippen LogP contribution < -0.4 is 20.1 Å². The van der Waals surface area contributed by atoms with E-state index in [1.165, 1.54) is 30.1 Å². The molecule has 0 atom stereocenters. The van der Waals surface area contributed by atoms with Crippen molar-refractivity contribution in [2.75, 3.05) is 23.4 Å². The highest BCUT2D eigenvalue weighted by atomic mass is 79.9. The van der Waals surface area contributed by atoms with Crippen LogP contribution in [0, 0.1) is 0 Å². The van der Waals surface area contributed by atoms with Crippen molar-refractivity contribution < 1.29 is 23.0 Å². The molecule has 0 bridgehead atoms. The molecular formula is C16H14BrF2N3O3S. The van der Waals surface area contributed by atoms with Gasteiger partial charge in [0, 0.05) is 34.7 Å². The Morgan fingerprint density at radius 1 is 1.27 bits per heavy atom. The Bertz CT molecular complexity index is 867. The molecule has 2 heterocycles. The molecule has 2 N–H and O–H groups in total. The standard InChI is InChI=1S/C16H14BrF2N3O3S/c1-3-26-13-4-8(17)7-21-14(13)15(23)22-10-6-12-11(5-9(10)20-2)24-16(18,19)25-12/h4-7,20H,3H2,1-2H3,(H,22,23). The lowest BCUT2D eigenvalue weighted by atomic mass is 10.2. The average Bonchev–Trinajstić information content (AvgIpc) is 2.87. The topological polar surface area (TPSA) is 72.5 Å². The minimum atomic E-state index is -3.73. The molecule has 1 aromatic carbocycles. The van der Waals surface area contributed by atoms with Crippen molar-refractivity contribution in [2.45, 2.75) is 18.1 Å². The molecule has 2 aromatic rings. The van der Waals surface area contributed by atoms with Crippen molar-refractivity contribution in [2.24, 2.45) is 0 Å². The number of carbonyl (C=O) groups is 1. The third kappa shape index (κ3) is 3.85. The molecule has 1 aliphatic heterocycles. The van der Waals surface area contributed by atoms with Gasteiger partial charge in [0.15, 0.2) is 11.5 Å². The van der Waals surface area contributed by atoms with E-state index in [1.807, 2.05) is 6.92 Å². The molecule has 0 unspecified atom stereocenters. The lowest BCUT2D eigenvalue weighted by Crippen LogP contribution is -2.25. The molecule has 10 heteroatoms. The van der Waals surface area contributed by atoms with Gasteiger partial charge in [-0.05, 0) is 27.7 Å². The van der Waals surface area contributed by atoms with Crippen LogP contribution in [0.3, 0.4) is 0 Å². The Morgan fingerprint density at radius 3 is 2.54 bits per heavy atom. The number of anilines is 2. The molecule has 0 saturated heterocycles. The molecule has 0 aliphatic carbocycles. The second-order valence-corrected chi connectivity index (χ2v) is 7.37. The average molecular weight is 446 g/mol. The quantitative estimate of drug-likeness (QED) is 0.656. The van der Waals surface area contributed by atoms with Crippen LogP contribution in [0.2, 0.25) is 0 Å². The molecule has 6 nitrogen and oxygen atoms in total. The van der Waals surface area contributed by atoms with Gasteiger partial charge < -0.3 is 20.1 Å². The van der Waals surface area contributed by atoms with Crippen molar-refractivity contribution in [3.63, 3.8) is 0 Å². The maximum Gasteiger partial charge on any atom is 0.586 e. The van der Waals surface area contributed by atoms with Crippen LogP contribution in [0.25, 0.3) is 0 Å². The van der Waals surface area contributed by atoms with Gasteiger partial charge >= 0.3 is 6.29 Å². The van der Waals surface area contributed by atoms with E-state index in [9.17, 15) is 13.6 Å². The predicted molar refractivity (Wildman–Crippen MR) is 98.5 cm³/mol. The molecule has 1 aliphatic rings. The van der Waals surface area contributed by atoms with Crippen LogP contribution in [-0.2, 0) is 0 Å². The summed E-state index contributed by atoms with van der Waals surface area (Å²) in [6.07, 6.45) is -2.21. The number of rotatable bonds is 5. The monoisotopic (exact) mass is 445 g/mol. The Labute approximate surface area is 160 Å². The maximum absolute atomic E-state index is 13.2. The summed E-state index contributed by atoms with van der Waals surface area (Å²) in [5.41, 5.74) is 0.917. The normalized spacial score (nSPS) is 14.2. The van der Waals surface area contributed by atoms with Gasteiger partial charge in [0.05, 0.1) is 11.4 Å². The van der Waals surface area contributed by atoms with Gasteiger partial charge in [-0.3, -0.25) is 4.79 Å². The highest BCUT2D eigenvalue weighted by molar-refractivity contribution is 9.10. The van der Waals surface area contributed by atoms with Crippen molar-refractivity contribution in [1.82, 2.24) is 4.98 Å². The molecule has 0 radical (unpaired) electrons. The number of nitrogens with one attached hydrogen (secondary N) is 2. The summed E-state index contributed by atoms with van der Waals surface area (Å²) in [6, 6.07) is 4.42. The number of halogens is 3. The SMILES string of the molecule is CCSc1cc(Br)cnc1C(=O)Nc1cc2c(cc1NC)OC(F)(F)O2. The Balaban J connectivity index is 1.91. The van der Waals surface area contributed by atoms with Gasteiger partial charge in [-0.1, -0.05) is 6.92 Å². The van der Waals surface area contributed by atoms with Crippen LogP contribution in [0.1, 0.15) is 17.4 Å². The van der Waals surface area contributed by atoms with E-state index in [-0.39, 0.29) is 22.9 Å². The number of pyridine rings is 1. The van der Waals surface area contributed by atoms with Crippen LogP contribution in [0.15, 0.2) is 33.8 Å². The molecule has 0 spiro atoms. The van der Waals surface area contributed by atoms with E-state index in [2.05, 4.69) is 41.0 Å². The first-order valence-corrected chi connectivity index (χ1v) is 9.32. The summed E-state index contributed by atoms with van der Waals surface area (Å²) >= 11 is 4.80. The molecule has 26 heavy (non-hydrogen) atoms. The first-order chi connectivity index (χ1) is 12.3. The largest absolute Gasteiger partial charge is 0.586 e. The summed E-state index contributed by atoms with van der Waals surface area (Å²) in [7, 11) is 1.60. The minimum absolute atomic E-state index is 0.110. The third-order valence-corrected chi connectivity index (χ3v) is 4.74. The second kappa shape index (κ2) is 7.28. The Hall–Kier alpha value is -2.07. The van der Waals surface area contributed by atoms with E-state index in [1.54, 1.807) is 13.1 Å².